The van der Waals surface area contributed by atoms with E-state index in [2.05, 4.69) is 26.6 Å². The van der Waals surface area contributed by atoms with Crippen molar-refractivity contribution in [2.24, 2.45) is 0 Å². The first kappa shape index (κ1) is 23.2. The van der Waals surface area contributed by atoms with Crippen molar-refractivity contribution in [2.45, 2.75) is 6.42 Å². The molecule has 0 saturated heterocycles. The van der Waals surface area contributed by atoms with Gasteiger partial charge in [0.1, 0.15) is 11.5 Å². The number of thiocarbonyl (C=S) groups is 1. The predicted molar refractivity (Wildman–Crippen MR) is 128 cm³/mol. The van der Waals surface area contributed by atoms with Crippen LogP contribution in [0.2, 0.25) is 0 Å². The third-order valence-corrected chi connectivity index (χ3v) is 5.18. The van der Waals surface area contributed by atoms with Crippen molar-refractivity contribution in [3.8, 4) is 11.5 Å². The molecule has 0 aromatic heterocycles. The summed E-state index contributed by atoms with van der Waals surface area (Å²) in [7, 11) is 0. The zero-order valence-corrected chi connectivity index (χ0v) is 19.0. The summed E-state index contributed by atoms with van der Waals surface area (Å²) in [5.41, 5.74) is 1.26. The van der Waals surface area contributed by atoms with Crippen LogP contribution in [0.5, 0.6) is 11.5 Å². The van der Waals surface area contributed by atoms with Crippen molar-refractivity contribution < 1.29 is 19.6 Å². The Morgan fingerprint density at radius 2 is 1.88 bits per heavy atom. The van der Waals surface area contributed by atoms with E-state index in [0.29, 0.717) is 22.4 Å². The number of aromatic hydroxyl groups is 1. The number of carbonyl (C=O) groups is 1. The second-order valence-corrected chi connectivity index (χ2v) is 7.86. The lowest BCUT2D eigenvalue weighted by Crippen LogP contribution is -2.34. The van der Waals surface area contributed by atoms with Crippen LogP contribution in [0.3, 0.4) is 0 Å². The van der Waals surface area contributed by atoms with Gasteiger partial charge in [-0.2, -0.15) is 0 Å². The minimum Gasteiger partial charge on any atom is -0.506 e. The summed E-state index contributed by atoms with van der Waals surface area (Å²) in [5.74, 6) is -0.143. The predicted octanol–water partition coefficient (Wildman–Crippen LogP) is 4.81. The smallest absolute Gasteiger partial charge is 0.271 e. The normalized spacial score (nSPS) is 10.3. The van der Waals surface area contributed by atoms with Crippen molar-refractivity contribution in [1.29, 1.82) is 0 Å². The van der Waals surface area contributed by atoms with Crippen molar-refractivity contribution in [1.82, 2.24) is 5.32 Å². The van der Waals surface area contributed by atoms with Gasteiger partial charge in [-0.3, -0.25) is 20.2 Å². The maximum atomic E-state index is 12.5. The van der Waals surface area contributed by atoms with Crippen LogP contribution >= 0.6 is 28.1 Å². The number of amides is 1. The van der Waals surface area contributed by atoms with Crippen LogP contribution in [-0.2, 0) is 6.42 Å². The lowest BCUT2D eigenvalue weighted by Gasteiger charge is -2.12. The highest BCUT2D eigenvalue weighted by atomic mass is 79.9. The molecule has 32 heavy (non-hydrogen) atoms. The molecule has 0 atom stereocenters. The molecule has 3 N–H and O–H groups in total. The zero-order chi connectivity index (χ0) is 23.1. The first-order valence-electron chi connectivity index (χ1n) is 9.39. The average molecular weight is 516 g/mol. The summed E-state index contributed by atoms with van der Waals surface area (Å²) in [6, 6.07) is 18.2. The summed E-state index contributed by atoms with van der Waals surface area (Å²) < 4.78 is 6.38. The molecule has 1 amide bonds. The fraction of sp³-hybridized carbons (Fsp3) is 0.0909. The topological polar surface area (TPSA) is 114 Å². The Labute approximate surface area is 197 Å². The van der Waals surface area contributed by atoms with Gasteiger partial charge in [-0.05, 0) is 58.0 Å². The van der Waals surface area contributed by atoms with Gasteiger partial charge in [0, 0.05) is 24.1 Å². The Bertz CT molecular complexity index is 1160. The number of phenolic OH excluding ortho intramolecular Hbond substituents is 1. The minimum atomic E-state index is -0.604. The second-order valence-electron chi connectivity index (χ2n) is 6.60. The van der Waals surface area contributed by atoms with Crippen molar-refractivity contribution in [2.75, 3.05) is 11.9 Å². The molecule has 0 aliphatic rings. The Morgan fingerprint density at radius 1 is 1.12 bits per heavy atom. The third-order valence-electron chi connectivity index (χ3n) is 4.35. The van der Waals surface area contributed by atoms with Crippen molar-refractivity contribution >= 4 is 50.5 Å². The number of hydrogen-bond donors (Lipinski definition) is 3. The number of phenols is 1. The van der Waals surface area contributed by atoms with Gasteiger partial charge < -0.3 is 15.2 Å². The van der Waals surface area contributed by atoms with E-state index in [-0.39, 0.29) is 22.2 Å². The highest BCUT2D eigenvalue weighted by molar-refractivity contribution is 9.10. The molecule has 3 rings (SSSR count). The number of nitro benzene ring substituents is 1. The number of benzene rings is 3. The van der Waals surface area contributed by atoms with Gasteiger partial charge in [-0.15, -0.1) is 0 Å². The zero-order valence-electron chi connectivity index (χ0n) is 16.6. The van der Waals surface area contributed by atoms with Crippen LogP contribution in [-0.4, -0.2) is 27.7 Å². The number of carbonyl (C=O) groups excluding carboxylic acids is 1. The molecule has 8 nitrogen and oxygen atoms in total. The van der Waals surface area contributed by atoms with Crippen LogP contribution < -0.4 is 15.4 Å². The van der Waals surface area contributed by atoms with Crippen LogP contribution in [0.4, 0.5) is 11.4 Å². The highest BCUT2D eigenvalue weighted by Crippen LogP contribution is 2.28. The molecule has 0 spiro atoms. The minimum absolute atomic E-state index is 0.00726. The van der Waals surface area contributed by atoms with Crippen LogP contribution in [0.25, 0.3) is 0 Å². The Kier molecular flexibility index (Phi) is 7.74. The number of nitrogens with zero attached hydrogens (tertiary/aromatic N) is 1. The lowest BCUT2D eigenvalue weighted by molar-refractivity contribution is -0.384. The molecule has 0 radical (unpaired) electrons. The Morgan fingerprint density at radius 3 is 2.56 bits per heavy atom. The molecule has 0 bridgehead atoms. The van der Waals surface area contributed by atoms with Gasteiger partial charge in [-0.25, -0.2) is 0 Å². The van der Waals surface area contributed by atoms with Gasteiger partial charge in [0.05, 0.1) is 21.7 Å². The molecule has 0 saturated carbocycles. The second kappa shape index (κ2) is 10.7. The number of hydrogen-bond acceptors (Lipinski definition) is 6. The monoisotopic (exact) mass is 515 g/mol. The van der Waals surface area contributed by atoms with Crippen LogP contribution in [0.15, 0.2) is 71.2 Å². The van der Waals surface area contributed by atoms with E-state index < -0.39 is 10.8 Å². The molecular weight excluding hydrogens is 498 g/mol. The molecule has 0 aliphatic heterocycles. The number of anilines is 1. The third kappa shape index (κ3) is 6.25. The number of halogens is 1. The van der Waals surface area contributed by atoms with Crippen molar-refractivity contribution in [3.05, 3.63) is 92.4 Å². The first-order valence-corrected chi connectivity index (χ1v) is 10.6. The summed E-state index contributed by atoms with van der Waals surface area (Å²) in [6.07, 6.45) is 0.750. The summed E-state index contributed by atoms with van der Waals surface area (Å²) in [6.45, 7) is 0.481. The summed E-state index contributed by atoms with van der Waals surface area (Å²) >= 11 is 8.49. The van der Waals surface area contributed by atoms with E-state index in [1.165, 1.54) is 6.07 Å². The van der Waals surface area contributed by atoms with E-state index >= 15 is 0 Å². The van der Waals surface area contributed by atoms with Crippen LogP contribution in [0, 0.1) is 10.1 Å². The maximum Gasteiger partial charge on any atom is 0.271 e. The lowest BCUT2D eigenvalue weighted by atomic mass is 10.2. The molecule has 10 heteroatoms. The molecular formula is C22H18BrN3O5S. The Balaban J connectivity index is 1.58. The van der Waals surface area contributed by atoms with Gasteiger partial charge in [0.15, 0.2) is 5.11 Å². The molecule has 164 valence electrons. The molecule has 0 aliphatic carbocycles. The fourth-order valence-corrected chi connectivity index (χ4v) is 3.45. The molecule has 3 aromatic carbocycles. The number of nitrogens with one attached hydrogen (secondary N) is 2. The number of rotatable bonds is 7. The molecule has 0 unspecified atom stereocenters. The van der Waals surface area contributed by atoms with E-state index in [0.717, 1.165) is 24.1 Å². The first-order chi connectivity index (χ1) is 15.3. The average Bonchev–Trinajstić information content (AvgIpc) is 2.76. The van der Waals surface area contributed by atoms with E-state index in [1.807, 2.05) is 30.3 Å². The van der Waals surface area contributed by atoms with Crippen LogP contribution in [0.1, 0.15) is 15.9 Å². The quantitative estimate of drug-likeness (QED) is 0.179. The van der Waals surface area contributed by atoms with E-state index in [1.54, 1.807) is 18.2 Å². The van der Waals surface area contributed by atoms with Gasteiger partial charge in [0.25, 0.3) is 11.6 Å². The number of nitro groups is 1. The summed E-state index contributed by atoms with van der Waals surface area (Å²) in [4.78, 5) is 22.8. The SMILES string of the molecule is O=C(NC(=S)Nc1cc([N+](=O)[O-])ccc1O)c1ccc(OCCc2ccccc2)c(Br)c1. The van der Waals surface area contributed by atoms with Crippen molar-refractivity contribution in [3.63, 3.8) is 0 Å². The van der Waals surface area contributed by atoms with Gasteiger partial charge in [-0.1, -0.05) is 30.3 Å². The Hall–Kier alpha value is -3.50. The fourth-order valence-electron chi connectivity index (χ4n) is 2.75. The molecule has 3 aromatic rings. The summed E-state index contributed by atoms with van der Waals surface area (Å²) in [5, 5.41) is 25.7. The highest BCUT2D eigenvalue weighted by Gasteiger charge is 2.14. The van der Waals surface area contributed by atoms with E-state index in [9.17, 15) is 20.0 Å². The van der Waals surface area contributed by atoms with E-state index in [4.69, 9.17) is 17.0 Å². The standard InChI is InChI=1S/C22H18BrN3O5S/c23-17-12-15(6-9-20(17)31-11-10-14-4-2-1-3-5-14)21(28)25-22(32)24-18-13-16(26(29)30)7-8-19(18)27/h1-9,12-13,27H,10-11H2,(H2,24,25,28,32). The number of non-ortho nitro benzene ring substituents is 1. The van der Waals surface area contributed by atoms with Gasteiger partial charge >= 0.3 is 0 Å². The van der Waals surface area contributed by atoms with Gasteiger partial charge in [0.2, 0.25) is 0 Å². The largest absolute Gasteiger partial charge is 0.506 e. The maximum absolute atomic E-state index is 12.5. The number of ether oxygens (including phenoxy) is 1. The molecule has 0 heterocycles. The molecule has 0 fully saturated rings.